The van der Waals surface area contributed by atoms with Crippen LogP contribution in [0.5, 0.6) is 5.75 Å². The number of nitrogens with zero attached hydrogens (tertiary/aromatic N) is 3. The van der Waals surface area contributed by atoms with Crippen molar-refractivity contribution in [3.63, 3.8) is 0 Å². The monoisotopic (exact) mass is 350 g/mol. The van der Waals surface area contributed by atoms with Gasteiger partial charge in [0.15, 0.2) is 0 Å². The zero-order chi connectivity index (χ0) is 14.8. The predicted octanol–water partition coefficient (Wildman–Crippen LogP) is 3.09. The Kier molecular flexibility index (Phi) is 4.17. The van der Waals surface area contributed by atoms with Crippen molar-refractivity contribution in [2.24, 2.45) is 7.05 Å². The van der Waals surface area contributed by atoms with Gasteiger partial charge < -0.3 is 10.1 Å². The first kappa shape index (κ1) is 14.6. The molecule has 0 spiro atoms. The number of halogens is 4. The number of nitrogens with one attached hydrogen (secondary N) is 1. The summed E-state index contributed by atoms with van der Waals surface area (Å²) >= 11 is 3.04. The van der Waals surface area contributed by atoms with Crippen molar-refractivity contribution in [3.8, 4) is 5.75 Å². The number of hydrogen-bond acceptors (Lipinski definition) is 4. The molecule has 2 aromatic rings. The van der Waals surface area contributed by atoms with Crippen molar-refractivity contribution in [1.29, 1.82) is 0 Å². The van der Waals surface area contributed by atoms with Gasteiger partial charge in [0.25, 0.3) is 0 Å². The average molecular weight is 351 g/mol. The van der Waals surface area contributed by atoms with Gasteiger partial charge in [-0.3, -0.25) is 4.68 Å². The predicted molar refractivity (Wildman–Crippen MR) is 69.2 cm³/mol. The summed E-state index contributed by atoms with van der Waals surface area (Å²) in [4.78, 5) is 0. The lowest BCUT2D eigenvalue weighted by atomic mass is 10.3. The van der Waals surface area contributed by atoms with Crippen LogP contribution in [0, 0.1) is 0 Å². The van der Waals surface area contributed by atoms with E-state index in [9.17, 15) is 13.2 Å². The van der Waals surface area contributed by atoms with Crippen molar-refractivity contribution in [3.05, 3.63) is 34.6 Å². The van der Waals surface area contributed by atoms with Gasteiger partial charge in [0.2, 0.25) is 0 Å². The fourth-order valence-corrected chi connectivity index (χ4v) is 1.94. The molecule has 0 bridgehead atoms. The van der Waals surface area contributed by atoms with Crippen molar-refractivity contribution in [2.45, 2.75) is 12.9 Å². The van der Waals surface area contributed by atoms with Crippen LogP contribution < -0.4 is 10.1 Å². The SMILES string of the molecule is Cn1nncc1CNc1ccc(OC(F)(F)F)c(Br)c1. The zero-order valence-corrected chi connectivity index (χ0v) is 11.9. The van der Waals surface area contributed by atoms with Gasteiger partial charge in [-0.25, -0.2) is 0 Å². The molecule has 0 aliphatic heterocycles. The standard InChI is InChI=1S/C11H10BrF3N4O/c1-19-8(6-17-18-19)5-16-7-2-3-10(9(12)4-7)20-11(13,14)15/h2-4,6,16H,5H2,1H3. The number of alkyl halides is 3. The first-order valence-electron chi connectivity index (χ1n) is 5.48. The Balaban J connectivity index is 2.04. The van der Waals surface area contributed by atoms with Crippen LogP contribution in [0.4, 0.5) is 18.9 Å². The summed E-state index contributed by atoms with van der Waals surface area (Å²) in [5, 5.41) is 10.5. The molecule has 1 N–H and O–H groups in total. The molecule has 1 heterocycles. The van der Waals surface area contributed by atoms with Crippen LogP contribution in [0.2, 0.25) is 0 Å². The summed E-state index contributed by atoms with van der Waals surface area (Å²) in [7, 11) is 1.75. The number of aromatic nitrogens is 3. The normalized spacial score (nSPS) is 11.4. The molecule has 0 atom stereocenters. The molecule has 0 fully saturated rings. The summed E-state index contributed by atoms with van der Waals surface area (Å²) < 4.78 is 42.0. The summed E-state index contributed by atoms with van der Waals surface area (Å²) in [6, 6.07) is 4.24. The molecule has 0 aliphatic rings. The molecular formula is C11H10BrF3N4O. The molecule has 20 heavy (non-hydrogen) atoms. The second-order valence-corrected chi connectivity index (χ2v) is 4.75. The van der Waals surface area contributed by atoms with Gasteiger partial charge in [0.05, 0.1) is 22.9 Å². The molecule has 1 aromatic heterocycles. The third-order valence-electron chi connectivity index (χ3n) is 2.44. The second kappa shape index (κ2) is 5.70. The van der Waals surface area contributed by atoms with E-state index in [1.165, 1.54) is 18.2 Å². The van der Waals surface area contributed by atoms with Crippen molar-refractivity contribution < 1.29 is 17.9 Å². The minimum atomic E-state index is -4.71. The van der Waals surface area contributed by atoms with Crippen molar-refractivity contribution >= 4 is 21.6 Å². The van der Waals surface area contributed by atoms with Gasteiger partial charge >= 0.3 is 6.36 Å². The highest BCUT2D eigenvalue weighted by atomic mass is 79.9. The first-order valence-corrected chi connectivity index (χ1v) is 6.27. The van der Waals surface area contributed by atoms with E-state index in [2.05, 4.69) is 36.3 Å². The number of hydrogen-bond donors (Lipinski definition) is 1. The van der Waals surface area contributed by atoms with Gasteiger partial charge in [-0.1, -0.05) is 5.21 Å². The van der Waals surface area contributed by atoms with E-state index in [4.69, 9.17) is 0 Å². The highest BCUT2D eigenvalue weighted by Gasteiger charge is 2.31. The number of aryl methyl sites for hydroxylation is 1. The Labute approximate surface area is 120 Å². The maximum Gasteiger partial charge on any atom is 0.573 e. The largest absolute Gasteiger partial charge is 0.573 e. The smallest absolute Gasteiger partial charge is 0.405 e. The summed E-state index contributed by atoms with van der Waals surface area (Å²) in [5.74, 6) is -0.287. The van der Waals surface area contributed by atoms with Crippen LogP contribution in [-0.2, 0) is 13.6 Å². The van der Waals surface area contributed by atoms with Crippen LogP contribution in [0.1, 0.15) is 5.69 Å². The summed E-state index contributed by atoms with van der Waals surface area (Å²) in [5.41, 5.74) is 1.49. The topological polar surface area (TPSA) is 52.0 Å². The van der Waals surface area contributed by atoms with Crippen LogP contribution in [0.15, 0.2) is 28.9 Å². The van der Waals surface area contributed by atoms with E-state index in [1.807, 2.05) is 0 Å². The van der Waals surface area contributed by atoms with E-state index in [0.717, 1.165) is 5.69 Å². The summed E-state index contributed by atoms with van der Waals surface area (Å²) in [6.07, 6.45) is -3.11. The molecule has 0 radical (unpaired) electrons. The lowest BCUT2D eigenvalue weighted by molar-refractivity contribution is -0.274. The molecule has 9 heteroatoms. The van der Waals surface area contributed by atoms with Crippen molar-refractivity contribution in [1.82, 2.24) is 15.0 Å². The van der Waals surface area contributed by atoms with E-state index in [-0.39, 0.29) is 10.2 Å². The number of ether oxygens (including phenoxy) is 1. The van der Waals surface area contributed by atoms with Crippen molar-refractivity contribution in [2.75, 3.05) is 5.32 Å². The Morgan fingerprint density at radius 3 is 2.70 bits per heavy atom. The second-order valence-electron chi connectivity index (χ2n) is 3.90. The van der Waals surface area contributed by atoms with Gasteiger partial charge in [-0.2, -0.15) is 0 Å². The van der Waals surface area contributed by atoms with Crippen LogP contribution >= 0.6 is 15.9 Å². The lowest BCUT2D eigenvalue weighted by Crippen LogP contribution is -2.17. The molecule has 0 aliphatic carbocycles. The van der Waals surface area contributed by atoms with E-state index < -0.39 is 6.36 Å². The molecular weight excluding hydrogens is 341 g/mol. The van der Waals surface area contributed by atoms with Crippen LogP contribution in [-0.4, -0.2) is 21.4 Å². The van der Waals surface area contributed by atoms with Gasteiger partial charge in [-0.05, 0) is 34.1 Å². The quantitative estimate of drug-likeness (QED) is 0.920. The maximum absolute atomic E-state index is 12.1. The zero-order valence-electron chi connectivity index (χ0n) is 10.3. The Bertz CT molecular complexity index is 600. The first-order chi connectivity index (χ1) is 9.35. The fraction of sp³-hybridized carbons (Fsp3) is 0.273. The Morgan fingerprint density at radius 2 is 2.15 bits per heavy atom. The molecule has 0 saturated heterocycles. The average Bonchev–Trinajstić information content (AvgIpc) is 2.74. The van der Waals surface area contributed by atoms with E-state index in [0.29, 0.717) is 12.2 Å². The molecule has 5 nitrogen and oxygen atoms in total. The van der Waals surface area contributed by atoms with Gasteiger partial charge in [-0.15, -0.1) is 18.3 Å². The summed E-state index contributed by atoms with van der Waals surface area (Å²) in [6.45, 7) is 0.454. The van der Waals surface area contributed by atoms with Gasteiger partial charge in [0.1, 0.15) is 5.75 Å². The molecule has 0 saturated carbocycles. The minimum absolute atomic E-state index is 0.211. The minimum Gasteiger partial charge on any atom is -0.405 e. The highest BCUT2D eigenvalue weighted by Crippen LogP contribution is 2.32. The molecule has 2 rings (SSSR count). The lowest BCUT2D eigenvalue weighted by Gasteiger charge is -2.12. The number of anilines is 1. The number of benzene rings is 1. The third-order valence-corrected chi connectivity index (χ3v) is 3.06. The Morgan fingerprint density at radius 1 is 1.40 bits per heavy atom. The molecule has 0 amide bonds. The Hall–Kier alpha value is -1.77. The fourth-order valence-electron chi connectivity index (χ4n) is 1.48. The molecule has 0 unspecified atom stereocenters. The maximum atomic E-state index is 12.1. The van der Waals surface area contributed by atoms with E-state index in [1.54, 1.807) is 17.9 Å². The number of rotatable bonds is 4. The third kappa shape index (κ3) is 3.86. The molecule has 1 aromatic carbocycles. The highest BCUT2D eigenvalue weighted by molar-refractivity contribution is 9.10. The van der Waals surface area contributed by atoms with Crippen LogP contribution in [0.25, 0.3) is 0 Å². The van der Waals surface area contributed by atoms with E-state index >= 15 is 0 Å². The molecule has 108 valence electrons. The van der Waals surface area contributed by atoms with Crippen LogP contribution in [0.3, 0.4) is 0 Å². The van der Waals surface area contributed by atoms with Gasteiger partial charge in [0, 0.05) is 12.7 Å².